The Balaban J connectivity index is 2.00. The Kier molecular flexibility index (Phi) is 13.2. The lowest BCUT2D eigenvalue weighted by Gasteiger charge is -2.12. The highest BCUT2D eigenvalue weighted by Gasteiger charge is 2.11. The van der Waals surface area contributed by atoms with Gasteiger partial charge in [-0.2, -0.15) is 0 Å². The summed E-state index contributed by atoms with van der Waals surface area (Å²) in [5.74, 6) is 0.600. The molecule has 2 nitrogen and oxygen atoms in total. The van der Waals surface area contributed by atoms with Crippen LogP contribution in [-0.2, 0) is 6.42 Å². The molecule has 1 atom stereocenters. The van der Waals surface area contributed by atoms with Gasteiger partial charge in [0.2, 0.25) is 0 Å². The van der Waals surface area contributed by atoms with Crippen molar-refractivity contribution in [1.82, 2.24) is 0 Å². The molecule has 0 aliphatic heterocycles. The second kappa shape index (κ2) is 14.6. The number of phenolic OH excluding ortho intramolecular Hbond substituents is 2. The van der Waals surface area contributed by atoms with Crippen molar-refractivity contribution in [2.24, 2.45) is 0 Å². The van der Waals surface area contributed by atoms with Crippen LogP contribution in [0.2, 0.25) is 0 Å². The van der Waals surface area contributed by atoms with Gasteiger partial charge in [0.15, 0.2) is 0 Å². The van der Waals surface area contributed by atoms with Gasteiger partial charge in [-0.15, -0.1) is 0 Å². The quantitative estimate of drug-likeness (QED) is 0.118. The number of phenols is 2. The zero-order valence-corrected chi connectivity index (χ0v) is 19.1. The molecule has 0 heterocycles. The lowest BCUT2D eigenvalue weighted by molar-refractivity contribution is 0.450. The van der Waals surface area contributed by atoms with Crippen LogP contribution >= 0.6 is 22.6 Å². The molecule has 2 N–H and O–H groups in total. The van der Waals surface area contributed by atoms with E-state index in [1.807, 2.05) is 6.92 Å². The predicted molar refractivity (Wildman–Crippen MR) is 122 cm³/mol. The van der Waals surface area contributed by atoms with Crippen molar-refractivity contribution < 1.29 is 10.2 Å². The number of hydrogen-bond donors (Lipinski definition) is 2. The summed E-state index contributed by atoms with van der Waals surface area (Å²) in [4.78, 5) is 0. The Morgan fingerprint density at radius 1 is 0.769 bits per heavy atom. The number of aryl methyl sites for hydroxylation is 1. The molecule has 0 fully saturated rings. The molecular weight excluding hydrogens is 435 g/mol. The number of benzene rings is 1. The first kappa shape index (κ1) is 23.6. The van der Waals surface area contributed by atoms with Gasteiger partial charge in [-0.3, -0.25) is 0 Å². The van der Waals surface area contributed by atoms with Crippen LogP contribution in [0.4, 0.5) is 0 Å². The fourth-order valence-electron chi connectivity index (χ4n) is 3.44. The maximum Gasteiger partial charge on any atom is 0.119 e. The molecular formula is C23H39IO2. The van der Waals surface area contributed by atoms with E-state index in [0.29, 0.717) is 9.67 Å². The maximum atomic E-state index is 10.0. The van der Waals surface area contributed by atoms with E-state index < -0.39 is 0 Å². The van der Waals surface area contributed by atoms with Gasteiger partial charge >= 0.3 is 0 Å². The smallest absolute Gasteiger partial charge is 0.119 e. The molecule has 1 aromatic rings. The van der Waals surface area contributed by atoms with E-state index >= 15 is 0 Å². The third-order valence-electron chi connectivity index (χ3n) is 5.21. The van der Waals surface area contributed by atoms with E-state index in [-0.39, 0.29) is 5.75 Å². The SMILES string of the molecule is CCCCCCCCCCCCCCC(I)Cc1cc(O)c(C)cc1O. The second-order valence-electron chi connectivity index (χ2n) is 7.75. The molecule has 0 aliphatic carbocycles. The summed E-state index contributed by atoms with van der Waals surface area (Å²) in [7, 11) is 0. The zero-order chi connectivity index (χ0) is 19.2. The highest BCUT2D eigenvalue weighted by atomic mass is 127. The van der Waals surface area contributed by atoms with Gasteiger partial charge in [0, 0.05) is 3.92 Å². The molecule has 0 spiro atoms. The summed E-state index contributed by atoms with van der Waals surface area (Å²) in [6, 6.07) is 3.39. The van der Waals surface area contributed by atoms with E-state index in [2.05, 4.69) is 29.5 Å². The largest absolute Gasteiger partial charge is 0.508 e. The Hall–Kier alpha value is -0.450. The van der Waals surface area contributed by atoms with Crippen LogP contribution in [0.3, 0.4) is 0 Å². The van der Waals surface area contributed by atoms with Crippen LogP contribution < -0.4 is 0 Å². The third-order valence-corrected chi connectivity index (χ3v) is 6.27. The van der Waals surface area contributed by atoms with Crippen LogP contribution in [0, 0.1) is 6.92 Å². The third kappa shape index (κ3) is 10.6. The van der Waals surface area contributed by atoms with Crippen LogP contribution in [0.5, 0.6) is 11.5 Å². The molecule has 0 radical (unpaired) electrons. The number of aromatic hydroxyl groups is 2. The monoisotopic (exact) mass is 474 g/mol. The standard InChI is InChI=1S/C23H39IO2/c1-3-4-5-6-7-8-9-10-11-12-13-14-15-21(24)17-20-18-22(25)19(2)16-23(20)26/h16,18,21,25-26H,3-15,17H2,1-2H3. The Bertz CT molecular complexity index is 487. The van der Waals surface area contributed by atoms with Crippen molar-refractivity contribution in [1.29, 1.82) is 0 Å². The predicted octanol–water partition coefficient (Wildman–Crippen LogP) is 7.84. The normalized spacial score (nSPS) is 12.4. The van der Waals surface area contributed by atoms with Gasteiger partial charge in [-0.1, -0.05) is 107 Å². The van der Waals surface area contributed by atoms with Crippen LogP contribution in [0.1, 0.15) is 102 Å². The second-order valence-corrected chi connectivity index (χ2v) is 9.51. The number of unbranched alkanes of at least 4 members (excludes halogenated alkanes) is 11. The number of halogens is 1. The van der Waals surface area contributed by atoms with Crippen LogP contribution in [0.15, 0.2) is 12.1 Å². The van der Waals surface area contributed by atoms with Crippen molar-refractivity contribution in [2.75, 3.05) is 0 Å². The van der Waals surface area contributed by atoms with Crippen molar-refractivity contribution in [3.05, 3.63) is 23.3 Å². The molecule has 0 aromatic heterocycles. The minimum Gasteiger partial charge on any atom is -0.508 e. The molecule has 0 saturated heterocycles. The topological polar surface area (TPSA) is 40.5 Å². The number of alkyl halides is 1. The van der Waals surface area contributed by atoms with Gasteiger partial charge in [0.25, 0.3) is 0 Å². The molecule has 26 heavy (non-hydrogen) atoms. The van der Waals surface area contributed by atoms with E-state index in [4.69, 9.17) is 0 Å². The summed E-state index contributed by atoms with van der Waals surface area (Å²) in [5, 5.41) is 19.8. The fourth-order valence-corrected chi connectivity index (χ4v) is 4.35. The Morgan fingerprint density at radius 3 is 1.81 bits per heavy atom. The summed E-state index contributed by atoms with van der Waals surface area (Å²) in [6.07, 6.45) is 18.6. The Morgan fingerprint density at radius 2 is 1.27 bits per heavy atom. The molecule has 0 amide bonds. The van der Waals surface area contributed by atoms with Gasteiger partial charge < -0.3 is 10.2 Å². The molecule has 1 rings (SSSR count). The van der Waals surface area contributed by atoms with Crippen molar-refractivity contribution in [3.63, 3.8) is 0 Å². The molecule has 0 bridgehead atoms. The number of hydrogen-bond acceptors (Lipinski definition) is 2. The highest BCUT2D eigenvalue weighted by Crippen LogP contribution is 2.29. The summed E-state index contributed by atoms with van der Waals surface area (Å²) >= 11 is 2.48. The van der Waals surface area contributed by atoms with E-state index in [0.717, 1.165) is 17.5 Å². The maximum absolute atomic E-state index is 10.0. The lowest BCUT2D eigenvalue weighted by Crippen LogP contribution is -2.03. The first-order valence-corrected chi connectivity index (χ1v) is 11.9. The number of rotatable bonds is 15. The molecule has 150 valence electrons. The van der Waals surface area contributed by atoms with E-state index in [9.17, 15) is 10.2 Å². The lowest BCUT2D eigenvalue weighted by atomic mass is 10.0. The van der Waals surface area contributed by atoms with E-state index in [1.165, 1.54) is 83.5 Å². The van der Waals surface area contributed by atoms with E-state index in [1.54, 1.807) is 12.1 Å². The Labute approximate surface area is 174 Å². The molecule has 1 aromatic carbocycles. The van der Waals surface area contributed by atoms with Crippen molar-refractivity contribution in [2.45, 2.75) is 108 Å². The van der Waals surface area contributed by atoms with Crippen molar-refractivity contribution in [3.8, 4) is 11.5 Å². The molecule has 3 heteroatoms. The van der Waals surface area contributed by atoms with Gasteiger partial charge in [-0.25, -0.2) is 0 Å². The minimum atomic E-state index is 0.284. The first-order valence-electron chi connectivity index (χ1n) is 10.7. The molecule has 1 unspecified atom stereocenters. The van der Waals surface area contributed by atoms with Gasteiger partial charge in [0.1, 0.15) is 11.5 Å². The van der Waals surface area contributed by atoms with Crippen LogP contribution in [-0.4, -0.2) is 14.1 Å². The average Bonchev–Trinajstić information content (AvgIpc) is 2.60. The molecule has 0 saturated carbocycles. The fraction of sp³-hybridized carbons (Fsp3) is 0.739. The average molecular weight is 474 g/mol. The van der Waals surface area contributed by atoms with Crippen LogP contribution in [0.25, 0.3) is 0 Å². The first-order chi connectivity index (χ1) is 12.5. The van der Waals surface area contributed by atoms with Crippen molar-refractivity contribution >= 4 is 22.6 Å². The van der Waals surface area contributed by atoms with Gasteiger partial charge in [0.05, 0.1) is 0 Å². The zero-order valence-electron chi connectivity index (χ0n) is 16.9. The molecule has 0 aliphatic rings. The minimum absolute atomic E-state index is 0.284. The highest BCUT2D eigenvalue weighted by molar-refractivity contribution is 14.1. The summed E-state index contributed by atoms with van der Waals surface area (Å²) in [6.45, 7) is 4.09. The summed E-state index contributed by atoms with van der Waals surface area (Å²) < 4.78 is 0.517. The summed E-state index contributed by atoms with van der Waals surface area (Å²) in [5.41, 5.74) is 1.60. The van der Waals surface area contributed by atoms with Gasteiger partial charge in [-0.05, 0) is 43.0 Å².